The molecule has 0 N–H and O–H groups in total. The van der Waals surface area contributed by atoms with Crippen molar-refractivity contribution in [3.8, 4) is 5.69 Å². The fourth-order valence-electron chi connectivity index (χ4n) is 5.14. The molecule has 10 heteroatoms. The van der Waals surface area contributed by atoms with Crippen LogP contribution < -0.4 is 0 Å². The predicted molar refractivity (Wildman–Crippen MR) is 142 cm³/mol. The lowest BCUT2D eigenvalue weighted by molar-refractivity contribution is 0.105. The van der Waals surface area contributed by atoms with E-state index < -0.39 is 10.0 Å². The highest BCUT2D eigenvalue weighted by molar-refractivity contribution is 7.89. The topological polar surface area (TPSA) is 76.3 Å². The van der Waals surface area contributed by atoms with Gasteiger partial charge in [-0.3, -0.25) is 9.58 Å². The normalized spacial score (nSPS) is 17.7. The molecule has 4 aromatic rings. The summed E-state index contributed by atoms with van der Waals surface area (Å²) in [5.41, 5.74) is 3.87. The largest absolute Gasteiger partial charge is 0.293 e. The summed E-state index contributed by atoms with van der Waals surface area (Å²) in [6.45, 7) is 11.3. The number of benzene rings is 2. The molecule has 1 fully saturated rings. The molecule has 2 aromatic heterocycles. The molecule has 1 saturated heterocycles. The number of fused-ring (bicyclic) bond motifs is 1. The lowest BCUT2D eigenvalue weighted by atomic mass is 9.96. The first-order valence-electron chi connectivity index (χ1n) is 12.7. The summed E-state index contributed by atoms with van der Waals surface area (Å²) in [6, 6.07) is 10.4. The van der Waals surface area contributed by atoms with E-state index >= 15 is 0 Å². The van der Waals surface area contributed by atoms with E-state index in [-0.39, 0.29) is 16.8 Å². The van der Waals surface area contributed by atoms with Crippen LogP contribution >= 0.6 is 0 Å². The van der Waals surface area contributed by atoms with Gasteiger partial charge in [0.25, 0.3) is 0 Å². The Morgan fingerprint density at radius 2 is 1.84 bits per heavy atom. The summed E-state index contributed by atoms with van der Waals surface area (Å²) in [6.07, 6.45) is 4.85. The van der Waals surface area contributed by atoms with Gasteiger partial charge in [0.1, 0.15) is 10.7 Å². The van der Waals surface area contributed by atoms with Gasteiger partial charge in [-0.05, 0) is 67.3 Å². The molecule has 3 heterocycles. The molecule has 2 aromatic carbocycles. The van der Waals surface area contributed by atoms with Crippen LogP contribution in [0.15, 0.2) is 59.9 Å². The molecule has 0 saturated carbocycles. The van der Waals surface area contributed by atoms with Crippen LogP contribution in [0.4, 0.5) is 4.39 Å². The Morgan fingerprint density at radius 3 is 2.51 bits per heavy atom. The molecule has 1 atom stereocenters. The minimum atomic E-state index is -3.66. The molecule has 0 radical (unpaired) electrons. The molecule has 0 bridgehead atoms. The van der Waals surface area contributed by atoms with E-state index in [9.17, 15) is 12.8 Å². The van der Waals surface area contributed by atoms with Crippen LogP contribution in [0.1, 0.15) is 37.9 Å². The Kier molecular flexibility index (Phi) is 6.91. The highest BCUT2D eigenvalue weighted by Crippen LogP contribution is 2.34. The molecule has 0 spiro atoms. The molecule has 1 aliphatic heterocycles. The number of hydrogen-bond acceptors (Lipinski definition) is 5. The first-order valence-corrected chi connectivity index (χ1v) is 14.1. The number of hydrogen-bond donors (Lipinski definition) is 0. The Morgan fingerprint density at radius 1 is 1.08 bits per heavy atom. The zero-order valence-electron chi connectivity index (χ0n) is 21.7. The summed E-state index contributed by atoms with van der Waals surface area (Å²) in [4.78, 5) is 2.63. The van der Waals surface area contributed by atoms with E-state index in [0.29, 0.717) is 32.1 Å². The van der Waals surface area contributed by atoms with Crippen molar-refractivity contribution < 1.29 is 12.8 Å². The summed E-state index contributed by atoms with van der Waals surface area (Å²) in [5.74, 6) is 0.154. The third kappa shape index (κ3) is 4.93. The molecular formula is C27H33FN6O2S. The van der Waals surface area contributed by atoms with Crippen LogP contribution in [0, 0.1) is 18.7 Å². The second kappa shape index (κ2) is 10.00. The number of nitrogens with zero attached hydrogens (tertiary/aromatic N) is 6. The van der Waals surface area contributed by atoms with Crippen LogP contribution in [0.3, 0.4) is 0 Å². The fraction of sp³-hybridized carbons (Fsp3) is 0.407. The smallest absolute Gasteiger partial charge is 0.246 e. The quantitative estimate of drug-likeness (QED) is 0.358. The van der Waals surface area contributed by atoms with Gasteiger partial charge in [-0.2, -0.15) is 14.5 Å². The maximum absolute atomic E-state index is 13.5. The average Bonchev–Trinajstić information content (AvgIpc) is 3.51. The van der Waals surface area contributed by atoms with E-state index in [1.54, 1.807) is 32.0 Å². The van der Waals surface area contributed by atoms with Crippen molar-refractivity contribution in [1.29, 1.82) is 0 Å². The van der Waals surface area contributed by atoms with Gasteiger partial charge in [0.2, 0.25) is 10.0 Å². The SMILES string of the molecule is CCn1cc(S(=O)(=O)N2CCN(CC(C)C)[C@@H](c3cc4cnn(-c5ccc(F)cc5)c4cc3C)C2)cn1. The average molecular weight is 525 g/mol. The second-order valence-electron chi connectivity index (χ2n) is 10.1. The predicted octanol–water partition coefficient (Wildman–Crippen LogP) is 4.39. The highest BCUT2D eigenvalue weighted by Gasteiger charge is 2.36. The monoisotopic (exact) mass is 524 g/mol. The number of halogens is 1. The first-order chi connectivity index (χ1) is 17.7. The summed E-state index contributed by atoms with van der Waals surface area (Å²) < 4.78 is 45.5. The zero-order chi connectivity index (χ0) is 26.3. The van der Waals surface area contributed by atoms with E-state index in [4.69, 9.17) is 0 Å². The Hall–Kier alpha value is -3.08. The number of aryl methyl sites for hydroxylation is 2. The maximum Gasteiger partial charge on any atom is 0.246 e. The van der Waals surface area contributed by atoms with E-state index in [0.717, 1.165) is 34.3 Å². The van der Waals surface area contributed by atoms with Gasteiger partial charge in [0, 0.05) is 50.3 Å². The molecule has 0 aliphatic carbocycles. The van der Waals surface area contributed by atoms with Crippen molar-refractivity contribution in [3.05, 3.63) is 71.9 Å². The molecular weight excluding hydrogens is 491 g/mol. The fourth-order valence-corrected chi connectivity index (χ4v) is 6.53. The van der Waals surface area contributed by atoms with Crippen molar-refractivity contribution >= 4 is 20.9 Å². The third-order valence-electron chi connectivity index (χ3n) is 7.01. The molecule has 5 rings (SSSR count). The number of sulfonamides is 1. The van der Waals surface area contributed by atoms with E-state index in [2.05, 4.69) is 48.0 Å². The van der Waals surface area contributed by atoms with E-state index in [1.165, 1.54) is 18.3 Å². The number of aromatic nitrogens is 4. The van der Waals surface area contributed by atoms with Crippen molar-refractivity contribution in [2.75, 3.05) is 26.2 Å². The third-order valence-corrected chi connectivity index (χ3v) is 8.83. The van der Waals surface area contributed by atoms with Crippen molar-refractivity contribution in [2.45, 2.75) is 45.2 Å². The minimum absolute atomic E-state index is 0.0919. The highest BCUT2D eigenvalue weighted by atomic mass is 32.2. The van der Waals surface area contributed by atoms with Crippen LogP contribution in [0.2, 0.25) is 0 Å². The van der Waals surface area contributed by atoms with Gasteiger partial charge in [-0.1, -0.05) is 13.8 Å². The lowest BCUT2D eigenvalue weighted by Gasteiger charge is -2.42. The van der Waals surface area contributed by atoms with Gasteiger partial charge in [-0.15, -0.1) is 0 Å². The Bertz CT molecular complexity index is 1510. The maximum atomic E-state index is 13.5. The van der Waals surface area contributed by atoms with Crippen molar-refractivity contribution in [3.63, 3.8) is 0 Å². The second-order valence-corrected chi connectivity index (χ2v) is 12.0. The number of piperazine rings is 1. The van der Waals surface area contributed by atoms with Crippen molar-refractivity contribution in [1.82, 2.24) is 28.8 Å². The standard InChI is InChI=1S/C27H33FN6O2S/c1-5-32-17-24(15-29-32)37(35,36)33-11-10-31(16-19(2)3)27(18-33)25-13-21-14-30-34(26(21)12-20(25)4)23-8-6-22(28)7-9-23/h6-9,12-15,17,19,27H,5,10-11,16,18H2,1-4H3/t27-/m1/s1. The zero-order valence-corrected chi connectivity index (χ0v) is 22.5. The molecule has 8 nitrogen and oxygen atoms in total. The molecule has 0 unspecified atom stereocenters. The van der Waals surface area contributed by atoms with Gasteiger partial charge >= 0.3 is 0 Å². The molecule has 37 heavy (non-hydrogen) atoms. The Labute approximate surface area is 217 Å². The first kappa shape index (κ1) is 25.6. The summed E-state index contributed by atoms with van der Waals surface area (Å²) in [5, 5.41) is 9.69. The van der Waals surface area contributed by atoms with Crippen LogP contribution in [0.5, 0.6) is 0 Å². The molecule has 1 aliphatic rings. The van der Waals surface area contributed by atoms with Crippen LogP contribution in [0.25, 0.3) is 16.6 Å². The lowest BCUT2D eigenvalue weighted by Crippen LogP contribution is -2.51. The van der Waals surface area contributed by atoms with Crippen LogP contribution in [-0.4, -0.2) is 63.4 Å². The van der Waals surface area contributed by atoms with Crippen molar-refractivity contribution in [2.24, 2.45) is 5.92 Å². The van der Waals surface area contributed by atoms with Gasteiger partial charge in [-0.25, -0.2) is 17.5 Å². The van der Waals surface area contributed by atoms with Gasteiger partial charge in [0.05, 0.1) is 23.6 Å². The molecule has 196 valence electrons. The summed E-state index contributed by atoms with van der Waals surface area (Å²) in [7, 11) is -3.66. The van der Waals surface area contributed by atoms with Gasteiger partial charge < -0.3 is 0 Å². The molecule has 0 amide bonds. The van der Waals surface area contributed by atoms with Crippen LogP contribution in [-0.2, 0) is 16.6 Å². The number of rotatable bonds is 7. The minimum Gasteiger partial charge on any atom is -0.293 e. The van der Waals surface area contributed by atoms with E-state index in [1.807, 2.05) is 13.1 Å². The van der Waals surface area contributed by atoms with Gasteiger partial charge in [0.15, 0.2) is 0 Å². The Balaban J connectivity index is 1.52. The summed E-state index contributed by atoms with van der Waals surface area (Å²) >= 11 is 0.